The highest BCUT2D eigenvalue weighted by atomic mass is 16.3. The van der Waals surface area contributed by atoms with E-state index < -0.39 is 0 Å². The number of hydrogen-bond acceptors (Lipinski definition) is 2. The molecule has 0 bridgehead atoms. The standard InChI is InChI=1S/C13H24O2/c1-3-4-7-13(8-10-15)11-12(2)6-5-9-14/h14-15H,3-10H2,1-2H3. The van der Waals surface area contributed by atoms with Crippen molar-refractivity contribution in [3.8, 4) is 0 Å². The number of aliphatic hydroxyl groups excluding tert-OH is 2. The molecule has 0 aromatic rings. The van der Waals surface area contributed by atoms with E-state index in [9.17, 15) is 0 Å². The number of hydrogen-bond donors (Lipinski definition) is 2. The third-order valence-electron chi connectivity index (χ3n) is 2.35. The third kappa shape index (κ3) is 8.44. The second-order valence-electron chi connectivity index (χ2n) is 3.91. The van der Waals surface area contributed by atoms with Gasteiger partial charge in [-0.2, -0.15) is 0 Å². The van der Waals surface area contributed by atoms with Gasteiger partial charge in [-0.15, -0.1) is 5.73 Å². The zero-order valence-electron chi connectivity index (χ0n) is 10.1. The molecule has 0 heterocycles. The Morgan fingerprint density at radius 3 is 2.27 bits per heavy atom. The lowest BCUT2D eigenvalue weighted by atomic mass is 10.0. The Hall–Kier alpha value is -0.560. The third-order valence-corrected chi connectivity index (χ3v) is 2.35. The van der Waals surface area contributed by atoms with Crippen molar-refractivity contribution < 1.29 is 10.2 Å². The molecule has 0 aliphatic carbocycles. The van der Waals surface area contributed by atoms with Gasteiger partial charge < -0.3 is 10.2 Å². The number of aliphatic hydroxyl groups is 2. The molecule has 0 fully saturated rings. The Morgan fingerprint density at radius 1 is 1.00 bits per heavy atom. The van der Waals surface area contributed by atoms with Gasteiger partial charge in [-0.1, -0.05) is 13.3 Å². The van der Waals surface area contributed by atoms with Gasteiger partial charge >= 0.3 is 0 Å². The van der Waals surface area contributed by atoms with Crippen molar-refractivity contribution in [2.75, 3.05) is 13.2 Å². The first-order valence-electron chi connectivity index (χ1n) is 5.90. The molecule has 0 aromatic heterocycles. The Labute approximate surface area is 93.3 Å². The summed E-state index contributed by atoms with van der Waals surface area (Å²) in [7, 11) is 0. The van der Waals surface area contributed by atoms with Crippen molar-refractivity contribution in [2.24, 2.45) is 0 Å². The molecule has 88 valence electrons. The largest absolute Gasteiger partial charge is 0.396 e. The molecule has 0 saturated carbocycles. The van der Waals surface area contributed by atoms with Crippen LogP contribution >= 0.6 is 0 Å². The van der Waals surface area contributed by atoms with E-state index in [2.05, 4.69) is 12.7 Å². The fourth-order valence-corrected chi connectivity index (χ4v) is 1.48. The molecular weight excluding hydrogens is 188 g/mol. The van der Waals surface area contributed by atoms with Crippen molar-refractivity contribution in [2.45, 2.75) is 52.4 Å². The summed E-state index contributed by atoms with van der Waals surface area (Å²) in [5, 5.41) is 17.6. The smallest absolute Gasteiger partial charge is 0.0474 e. The maximum atomic E-state index is 8.91. The lowest BCUT2D eigenvalue weighted by Crippen LogP contribution is -1.89. The Kier molecular flexibility index (Phi) is 9.60. The fraction of sp³-hybridized carbons (Fsp3) is 0.769. The minimum absolute atomic E-state index is 0.208. The summed E-state index contributed by atoms with van der Waals surface area (Å²) in [6.45, 7) is 4.65. The van der Waals surface area contributed by atoms with Gasteiger partial charge in [0.25, 0.3) is 0 Å². The highest BCUT2D eigenvalue weighted by Crippen LogP contribution is 2.12. The number of rotatable bonds is 8. The van der Waals surface area contributed by atoms with E-state index in [1.807, 2.05) is 6.92 Å². The van der Waals surface area contributed by atoms with Gasteiger partial charge in [0.15, 0.2) is 0 Å². The molecule has 2 heteroatoms. The fourth-order valence-electron chi connectivity index (χ4n) is 1.48. The summed E-state index contributed by atoms with van der Waals surface area (Å²) in [5.74, 6) is 0. The first-order chi connectivity index (χ1) is 7.24. The van der Waals surface area contributed by atoms with Crippen LogP contribution in [-0.4, -0.2) is 23.4 Å². The van der Waals surface area contributed by atoms with E-state index in [0.29, 0.717) is 0 Å². The first-order valence-corrected chi connectivity index (χ1v) is 5.90. The molecule has 0 aromatic carbocycles. The van der Waals surface area contributed by atoms with Crippen LogP contribution in [0.4, 0.5) is 0 Å². The molecule has 0 aliphatic heterocycles. The lowest BCUT2D eigenvalue weighted by Gasteiger charge is -2.02. The molecule has 2 N–H and O–H groups in total. The maximum Gasteiger partial charge on any atom is 0.0474 e. The van der Waals surface area contributed by atoms with E-state index in [1.165, 1.54) is 17.6 Å². The molecular formula is C13H24O2. The molecule has 0 radical (unpaired) electrons. The first kappa shape index (κ1) is 14.4. The molecule has 0 spiro atoms. The maximum absolute atomic E-state index is 8.91. The topological polar surface area (TPSA) is 40.5 Å². The Bertz CT molecular complexity index is 213. The van der Waals surface area contributed by atoms with E-state index >= 15 is 0 Å². The summed E-state index contributed by atoms with van der Waals surface area (Å²) in [6, 6.07) is 0. The van der Waals surface area contributed by atoms with Crippen molar-refractivity contribution in [1.29, 1.82) is 0 Å². The van der Waals surface area contributed by atoms with Gasteiger partial charge in [0.2, 0.25) is 0 Å². The van der Waals surface area contributed by atoms with E-state index in [0.717, 1.165) is 32.1 Å². The molecule has 0 rings (SSSR count). The van der Waals surface area contributed by atoms with Crippen molar-refractivity contribution in [3.05, 3.63) is 16.9 Å². The van der Waals surface area contributed by atoms with Crippen LogP contribution in [0.15, 0.2) is 16.9 Å². The van der Waals surface area contributed by atoms with Crippen LogP contribution in [0.5, 0.6) is 0 Å². The number of unbranched alkanes of at least 4 members (excludes halogenated alkanes) is 1. The predicted molar refractivity (Wildman–Crippen MR) is 63.8 cm³/mol. The molecule has 0 unspecified atom stereocenters. The molecule has 0 atom stereocenters. The minimum atomic E-state index is 0.208. The second kappa shape index (κ2) is 9.97. The average molecular weight is 212 g/mol. The van der Waals surface area contributed by atoms with Crippen LogP contribution < -0.4 is 0 Å². The lowest BCUT2D eigenvalue weighted by molar-refractivity contribution is 0.288. The minimum Gasteiger partial charge on any atom is -0.396 e. The van der Waals surface area contributed by atoms with Crippen LogP contribution in [-0.2, 0) is 0 Å². The van der Waals surface area contributed by atoms with Crippen LogP contribution in [0.25, 0.3) is 0 Å². The zero-order chi connectivity index (χ0) is 11.5. The monoisotopic (exact) mass is 212 g/mol. The average Bonchev–Trinajstić information content (AvgIpc) is 2.23. The van der Waals surface area contributed by atoms with Gasteiger partial charge in [-0.3, -0.25) is 0 Å². The highest BCUT2D eigenvalue weighted by Gasteiger charge is 1.96. The van der Waals surface area contributed by atoms with Gasteiger partial charge in [0, 0.05) is 13.2 Å². The second-order valence-corrected chi connectivity index (χ2v) is 3.91. The van der Waals surface area contributed by atoms with Gasteiger partial charge in [-0.25, -0.2) is 0 Å². The zero-order valence-corrected chi connectivity index (χ0v) is 10.1. The summed E-state index contributed by atoms with van der Waals surface area (Å²) in [5.41, 5.74) is 5.75. The summed E-state index contributed by atoms with van der Waals surface area (Å²) < 4.78 is 0. The van der Waals surface area contributed by atoms with Crippen LogP contribution in [0.3, 0.4) is 0 Å². The van der Waals surface area contributed by atoms with E-state index in [4.69, 9.17) is 10.2 Å². The van der Waals surface area contributed by atoms with Crippen molar-refractivity contribution >= 4 is 0 Å². The predicted octanol–water partition coefficient (Wildman–Crippen LogP) is 2.80. The molecule has 0 aliphatic rings. The quantitative estimate of drug-likeness (QED) is 0.607. The molecule has 2 nitrogen and oxygen atoms in total. The van der Waals surface area contributed by atoms with Crippen LogP contribution in [0, 0.1) is 0 Å². The molecule has 0 saturated heterocycles. The van der Waals surface area contributed by atoms with Crippen molar-refractivity contribution in [3.63, 3.8) is 0 Å². The SMILES string of the molecule is CCCCC(=C=C(C)CCCO)CCO. The normalized spacial score (nSPS) is 9.87. The molecule has 15 heavy (non-hydrogen) atoms. The van der Waals surface area contributed by atoms with E-state index in [1.54, 1.807) is 0 Å². The molecule has 0 amide bonds. The van der Waals surface area contributed by atoms with Gasteiger partial charge in [-0.05, 0) is 50.2 Å². The van der Waals surface area contributed by atoms with Gasteiger partial charge in [0.1, 0.15) is 0 Å². The Balaban J connectivity index is 4.32. The summed E-state index contributed by atoms with van der Waals surface area (Å²) in [4.78, 5) is 0. The van der Waals surface area contributed by atoms with Crippen LogP contribution in [0.1, 0.15) is 52.4 Å². The van der Waals surface area contributed by atoms with Crippen molar-refractivity contribution in [1.82, 2.24) is 0 Å². The summed E-state index contributed by atoms with van der Waals surface area (Å²) >= 11 is 0. The Morgan fingerprint density at radius 2 is 1.73 bits per heavy atom. The van der Waals surface area contributed by atoms with Gasteiger partial charge in [0.05, 0.1) is 0 Å². The van der Waals surface area contributed by atoms with Crippen LogP contribution in [0.2, 0.25) is 0 Å². The van der Waals surface area contributed by atoms with E-state index in [-0.39, 0.29) is 13.2 Å². The summed E-state index contributed by atoms with van der Waals surface area (Å²) in [6.07, 6.45) is 5.81. The highest BCUT2D eigenvalue weighted by molar-refractivity contribution is 5.08.